The van der Waals surface area contributed by atoms with E-state index in [-0.39, 0.29) is 30.1 Å². The summed E-state index contributed by atoms with van der Waals surface area (Å²) in [6.45, 7) is 2.84. The summed E-state index contributed by atoms with van der Waals surface area (Å²) in [5.41, 5.74) is 2.52. The molecule has 0 aliphatic carbocycles. The third kappa shape index (κ3) is 5.29. The lowest BCUT2D eigenvalue weighted by molar-refractivity contribution is 0.0903. The molecule has 1 aliphatic rings. The van der Waals surface area contributed by atoms with Gasteiger partial charge in [0, 0.05) is 53.8 Å². The van der Waals surface area contributed by atoms with Crippen LogP contribution in [0.25, 0.3) is 10.9 Å². The van der Waals surface area contributed by atoms with Crippen LogP contribution < -0.4 is 5.32 Å². The number of hydrogen-bond donors (Lipinski definition) is 2. The van der Waals surface area contributed by atoms with Crippen molar-refractivity contribution in [2.24, 2.45) is 0 Å². The average Bonchev–Trinajstić information content (AvgIpc) is 3.20. The van der Waals surface area contributed by atoms with E-state index in [1.165, 1.54) is 0 Å². The van der Waals surface area contributed by atoms with Gasteiger partial charge in [0.15, 0.2) is 5.78 Å². The Morgan fingerprint density at radius 1 is 1.00 bits per heavy atom. The predicted octanol–water partition coefficient (Wildman–Crippen LogP) is 4.45. The normalized spacial score (nSPS) is 14.9. The number of benzene rings is 2. The number of ketones is 1. The summed E-state index contributed by atoms with van der Waals surface area (Å²) >= 11 is 0. The molecule has 1 amide bonds. The maximum atomic E-state index is 12.6. The molecule has 0 spiro atoms. The zero-order chi connectivity index (χ0) is 20.1. The third-order valence-corrected chi connectivity index (χ3v) is 5.73. The molecule has 158 valence electrons. The number of aromatic nitrogens is 1. The molecule has 6 heteroatoms. The van der Waals surface area contributed by atoms with E-state index in [2.05, 4.69) is 15.2 Å². The molecule has 1 saturated heterocycles. The highest BCUT2D eigenvalue weighted by Gasteiger charge is 2.21. The second kappa shape index (κ2) is 10.4. The highest BCUT2D eigenvalue weighted by atomic mass is 35.5. The Morgan fingerprint density at radius 3 is 2.47 bits per heavy atom. The van der Waals surface area contributed by atoms with Crippen molar-refractivity contribution in [3.05, 3.63) is 71.9 Å². The van der Waals surface area contributed by atoms with E-state index in [9.17, 15) is 9.59 Å². The highest BCUT2D eigenvalue weighted by Crippen LogP contribution is 2.20. The van der Waals surface area contributed by atoms with Crippen molar-refractivity contribution in [2.75, 3.05) is 19.6 Å². The van der Waals surface area contributed by atoms with E-state index in [1.54, 1.807) is 0 Å². The average molecular weight is 426 g/mol. The van der Waals surface area contributed by atoms with Gasteiger partial charge >= 0.3 is 0 Å². The van der Waals surface area contributed by atoms with Crippen LogP contribution in [0.15, 0.2) is 60.8 Å². The van der Waals surface area contributed by atoms with Crippen molar-refractivity contribution in [2.45, 2.75) is 31.7 Å². The molecule has 0 atom stereocenters. The van der Waals surface area contributed by atoms with E-state index >= 15 is 0 Å². The van der Waals surface area contributed by atoms with Crippen molar-refractivity contribution < 1.29 is 9.59 Å². The Labute approximate surface area is 183 Å². The Balaban J connectivity index is 0.00000256. The highest BCUT2D eigenvalue weighted by molar-refractivity contribution is 6.07. The number of nitrogens with zero attached hydrogens (tertiary/aromatic N) is 1. The first kappa shape index (κ1) is 22.1. The number of Topliss-reactive ketones (excluding diaryl/α,β-unsaturated/α-hetero) is 1. The molecule has 3 aromatic rings. The second-order valence-corrected chi connectivity index (χ2v) is 7.73. The number of amides is 1. The zero-order valence-electron chi connectivity index (χ0n) is 17.0. The molecule has 30 heavy (non-hydrogen) atoms. The van der Waals surface area contributed by atoms with Gasteiger partial charge in [-0.25, -0.2) is 0 Å². The van der Waals surface area contributed by atoms with Gasteiger partial charge in [0.1, 0.15) is 0 Å². The van der Waals surface area contributed by atoms with Crippen molar-refractivity contribution in [3.8, 4) is 0 Å². The van der Waals surface area contributed by atoms with Crippen molar-refractivity contribution in [1.29, 1.82) is 0 Å². The van der Waals surface area contributed by atoms with Gasteiger partial charge in [0.05, 0.1) is 0 Å². The van der Waals surface area contributed by atoms with Gasteiger partial charge in [-0.3, -0.25) is 9.59 Å². The monoisotopic (exact) mass is 425 g/mol. The maximum absolute atomic E-state index is 12.6. The van der Waals surface area contributed by atoms with Crippen molar-refractivity contribution in [1.82, 2.24) is 15.2 Å². The van der Waals surface area contributed by atoms with E-state index in [0.717, 1.165) is 55.4 Å². The second-order valence-electron chi connectivity index (χ2n) is 7.73. The third-order valence-electron chi connectivity index (χ3n) is 5.73. The smallest absolute Gasteiger partial charge is 0.251 e. The molecule has 0 unspecified atom stereocenters. The maximum Gasteiger partial charge on any atom is 0.251 e. The number of carbonyl (C=O) groups excluding carboxylic acids is 2. The summed E-state index contributed by atoms with van der Waals surface area (Å²) in [5, 5.41) is 4.15. The summed E-state index contributed by atoms with van der Waals surface area (Å²) in [6.07, 6.45) is 5.16. The molecule has 2 aromatic carbocycles. The Kier molecular flexibility index (Phi) is 7.66. The summed E-state index contributed by atoms with van der Waals surface area (Å²) < 4.78 is 0. The van der Waals surface area contributed by atoms with Crippen LogP contribution in [0.1, 0.15) is 46.4 Å². The van der Waals surface area contributed by atoms with Gasteiger partial charge < -0.3 is 15.2 Å². The minimum atomic E-state index is 0. The molecular formula is C24H28ClN3O2. The van der Waals surface area contributed by atoms with E-state index in [1.807, 2.05) is 60.8 Å². The molecule has 0 saturated carbocycles. The fourth-order valence-corrected chi connectivity index (χ4v) is 4.06. The van der Waals surface area contributed by atoms with Crippen LogP contribution in [0.4, 0.5) is 0 Å². The first-order chi connectivity index (χ1) is 14.2. The van der Waals surface area contributed by atoms with Gasteiger partial charge in [0.25, 0.3) is 5.91 Å². The number of fused-ring (bicyclic) bond motifs is 1. The molecule has 5 nitrogen and oxygen atoms in total. The Morgan fingerprint density at radius 2 is 1.70 bits per heavy atom. The summed E-state index contributed by atoms with van der Waals surface area (Å²) in [5.74, 6) is 0.209. The molecule has 2 N–H and O–H groups in total. The summed E-state index contributed by atoms with van der Waals surface area (Å²) in [4.78, 5) is 30.4. The number of likely N-dealkylation sites (tertiary alicyclic amines) is 1. The number of carbonyl (C=O) groups is 2. The van der Waals surface area contributed by atoms with E-state index < -0.39 is 0 Å². The van der Waals surface area contributed by atoms with E-state index in [4.69, 9.17) is 0 Å². The minimum absolute atomic E-state index is 0. The number of rotatable bonds is 7. The fraction of sp³-hybridized carbons (Fsp3) is 0.333. The number of halogens is 1. The van der Waals surface area contributed by atoms with Crippen LogP contribution in [-0.4, -0.2) is 47.3 Å². The predicted molar refractivity (Wildman–Crippen MR) is 122 cm³/mol. The molecule has 0 radical (unpaired) electrons. The van der Waals surface area contributed by atoms with Gasteiger partial charge in [-0.2, -0.15) is 0 Å². The zero-order valence-corrected chi connectivity index (χ0v) is 17.8. The van der Waals surface area contributed by atoms with E-state index in [0.29, 0.717) is 12.0 Å². The molecule has 1 fully saturated rings. The number of piperidine rings is 1. The lowest BCUT2D eigenvalue weighted by Crippen LogP contribution is -2.44. The summed E-state index contributed by atoms with van der Waals surface area (Å²) in [7, 11) is 0. The number of H-pyrrole nitrogens is 1. The quantitative estimate of drug-likeness (QED) is 0.550. The van der Waals surface area contributed by atoms with Crippen molar-refractivity contribution in [3.63, 3.8) is 0 Å². The van der Waals surface area contributed by atoms with Gasteiger partial charge in [-0.1, -0.05) is 36.4 Å². The lowest BCUT2D eigenvalue weighted by Gasteiger charge is -2.32. The van der Waals surface area contributed by atoms with Crippen LogP contribution in [0.5, 0.6) is 0 Å². The number of aromatic amines is 1. The van der Waals surface area contributed by atoms with Gasteiger partial charge in [0.2, 0.25) is 0 Å². The molecule has 4 rings (SSSR count). The fourth-order valence-electron chi connectivity index (χ4n) is 4.06. The topological polar surface area (TPSA) is 65.2 Å². The largest absolute Gasteiger partial charge is 0.360 e. The van der Waals surface area contributed by atoms with Crippen LogP contribution in [0.3, 0.4) is 0 Å². The van der Waals surface area contributed by atoms with Crippen LogP contribution in [0.2, 0.25) is 0 Å². The van der Waals surface area contributed by atoms with Crippen LogP contribution >= 0.6 is 12.4 Å². The molecule has 1 aliphatic heterocycles. The number of para-hydroxylation sites is 1. The first-order valence-electron chi connectivity index (χ1n) is 10.4. The van der Waals surface area contributed by atoms with Crippen LogP contribution in [-0.2, 0) is 0 Å². The Hall–Kier alpha value is -2.63. The SMILES string of the molecule is Cl.O=C(NC1CCN(CCCC(=O)c2c[nH]c3ccccc23)CC1)c1ccccc1. The number of nitrogens with one attached hydrogen (secondary N) is 2. The summed E-state index contributed by atoms with van der Waals surface area (Å²) in [6, 6.07) is 17.5. The van der Waals surface area contributed by atoms with Crippen LogP contribution in [0, 0.1) is 0 Å². The molecule has 1 aromatic heterocycles. The molecular weight excluding hydrogens is 398 g/mol. The minimum Gasteiger partial charge on any atom is -0.360 e. The van der Waals surface area contributed by atoms with Crippen molar-refractivity contribution >= 4 is 35.0 Å². The standard InChI is InChI=1S/C24H27N3O2.ClH/c28-23(21-17-25-22-10-5-4-9-20(21)22)11-6-14-27-15-12-19(13-16-27)26-24(29)18-7-2-1-3-8-18;/h1-5,7-10,17,19,25H,6,11-16H2,(H,26,29);1H. The first-order valence-corrected chi connectivity index (χ1v) is 10.4. The van der Waals surface area contributed by atoms with Gasteiger partial charge in [-0.15, -0.1) is 12.4 Å². The lowest BCUT2D eigenvalue weighted by atomic mass is 10.0. The number of hydrogen-bond acceptors (Lipinski definition) is 3. The van der Waals surface area contributed by atoms with Gasteiger partial charge in [-0.05, 0) is 44.0 Å². The molecule has 0 bridgehead atoms. The molecule has 2 heterocycles. The Bertz CT molecular complexity index is 978.